The summed E-state index contributed by atoms with van der Waals surface area (Å²) in [6, 6.07) is 7.11. The first-order chi connectivity index (χ1) is 12.3. The second-order valence-electron chi connectivity index (χ2n) is 6.00. The molecule has 0 fully saturated rings. The molecule has 0 saturated heterocycles. The normalized spacial score (nSPS) is 10.9. The molecule has 0 aliphatic carbocycles. The molecule has 0 N–H and O–H groups in total. The van der Waals surface area contributed by atoms with Crippen molar-refractivity contribution in [2.24, 2.45) is 0 Å². The molecule has 2 aromatic carbocycles. The van der Waals surface area contributed by atoms with Crippen molar-refractivity contribution >= 4 is 45.0 Å². The van der Waals surface area contributed by atoms with Crippen LogP contribution in [0.1, 0.15) is 10.4 Å². The molecular formula is C18H17ClF3N3OS. The monoisotopic (exact) mass is 415 g/mol. The molecule has 0 aliphatic rings. The van der Waals surface area contributed by atoms with Crippen molar-refractivity contribution < 1.29 is 18.0 Å². The molecule has 1 amide bonds. The summed E-state index contributed by atoms with van der Waals surface area (Å²) in [6.07, 6.45) is 0. The summed E-state index contributed by atoms with van der Waals surface area (Å²) in [5.41, 5.74) is 0.309. The topological polar surface area (TPSA) is 36.4 Å². The van der Waals surface area contributed by atoms with E-state index in [0.29, 0.717) is 17.8 Å². The van der Waals surface area contributed by atoms with E-state index in [2.05, 4.69) is 4.98 Å². The Morgan fingerprint density at radius 2 is 1.70 bits per heavy atom. The molecule has 0 atom stereocenters. The number of thiazole rings is 1. The average Bonchev–Trinajstić information content (AvgIpc) is 2.99. The minimum absolute atomic E-state index is 0. The minimum atomic E-state index is -0.774. The fourth-order valence-corrected chi connectivity index (χ4v) is 3.42. The van der Waals surface area contributed by atoms with Crippen molar-refractivity contribution in [2.45, 2.75) is 0 Å². The third-order valence-electron chi connectivity index (χ3n) is 3.74. The zero-order chi connectivity index (χ0) is 18.8. The minimum Gasteiger partial charge on any atom is -0.308 e. The fourth-order valence-electron chi connectivity index (χ4n) is 2.39. The zero-order valence-corrected chi connectivity index (χ0v) is 16.2. The van der Waals surface area contributed by atoms with Gasteiger partial charge in [-0.05, 0) is 44.4 Å². The van der Waals surface area contributed by atoms with Gasteiger partial charge < -0.3 is 4.90 Å². The number of halogens is 4. The maximum atomic E-state index is 14.0. The van der Waals surface area contributed by atoms with Crippen LogP contribution in [0.5, 0.6) is 0 Å². The van der Waals surface area contributed by atoms with E-state index in [1.807, 2.05) is 19.0 Å². The van der Waals surface area contributed by atoms with Crippen LogP contribution in [0.2, 0.25) is 0 Å². The lowest BCUT2D eigenvalue weighted by atomic mass is 10.2. The third-order valence-corrected chi connectivity index (χ3v) is 4.77. The predicted octanol–water partition coefficient (Wildman–Crippen LogP) is 4.34. The van der Waals surface area contributed by atoms with Gasteiger partial charge in [-0.1, -0.05) is 11.3 Å². The van der Waals surface area contributed by atoms with Crippen LogP contribution in [0.15, 0.2) is 36.4 Å². The van der Waals surface area contributed by atoms with Gasteiger partial charge >= 0.3 is 0 Å². The largest absolute Gasteiger partial charge is 0.308 e. The number of hydrogen-bond acceptors (Lipinski definition) is 4. The number of benzene rings is 2. The summed E-state index contributed by atoms with van der Waals surface area (Å²) in [4.78, 5) is 20.4. The van der Waals surface area contributed by atoms with E-state index in [4.69, 9.17) is 0 Å². The number of rotatable bonds is 5. The van der Waals surface area contributed by atoms with E-state index in [1.54, 1.807) is 0 Å². The van der Waals surface area contributed by atoms with Gasteiger partial charge in [0.2, 0.25) is 0 Å². The van der Waals surface area contributed by atoms with Crippen molar-refractivity contribution in [3.8, 4) is 0 Å². The summed E-state index contributed by atoms with van der Waals surface area (Å²) < 4.78 is 40.8. The highest BCUT2D eigenvalue weighted by atomic mass is 35.5. The Kier molecular flexibility index (Phi) is 6.80. The molecule has 0 saturated carbocycles. The molecule has 144 valence electrons. The number of anilines is 1. The van der Waals surface area contributed by atoms with Crippen molar-refractivity contribution in [1.82, 2.24) is 9.88 Å². The van der Waals surface area contributed by atoms with Gasteiger partial charge in [-0.2, -0.15) is 0 Å². The predicted molar refractivity (Wildman–Crippen MR) is 103 cm³/mol. The van der Waals surface area contributed by atoms with Crippen LogP contribution in [0, 0.1) is 17.5 Å². The maximum absolute atomic E-state index is 14.0. The van der Waals surface area contributed by atoms with Crippen molar-refractivity contribution in [1.29, 1.82) is 0 Å². The lowest BCUT2D eigenvalue weighted by molar-refractivity contribution is 0.0985. The Balaban J connectivity index is 0.00000261. The van der Waals surface area contributed by atoms with E-state index in [0.717, 1.165) is 17.4 Å². The number of carbonyl (C=O) groups is 1. The third kappa shape index (κ3) is 4.77. The molecule has 0 bridgehead atoms. The fraction of sp³-hybridized carbons (Fsp3) is 0.222. The van der Waals surface area contributed by atoms with Crippen LogP contribution < -0.4 is 4.90 Å². The first-order valence-electron chi connectivity index (χ1n) is 7.83. The molecule has 4 nitrogen and oxygen atoms in total. The van der Waals surface area contributed by atoms with E-state index in [9.17, 15) is 18.0 Å². The summed E-state index contributed by atoms with van der Waals surface area (Å²) >= 11 is 1.03. The van der Waals surface area contributed by atoms with E-state index in [1.165, 1.54) is 35.2 Å². The number of fused-ring (bicyclic) bond motifs is 1. The van der Waals surface area contributed by atoms with Crippen LogP contribution in [-0.4, -0.2) is 43.0 Å². The summed E-state index contributed by atoms with van der Waals surface area (Å²) in [6.45, 7) is 0.840. The Hall–Kier alpha value is -2.16. The summed E-state index contributed by atoms with van der Waals surface area (Å²) in [5.74, 6) is -2.30. The van der Waals surface area contributed by atoms with Gasteiger partial charge in [0.15, 0.2) is 10.9 Å². The number of nitrogens with zero attached hydrogens (tertiary/aromatic N) is 3. The molecule has 1 aromatic heterocycles. The second-order valence-corrected chi connectivity index (χ2v) is 7.01. The molecule has 3 rings (SSSR count). The molecule has 0 spiro atoms. The number of likely N-dealkylation sites (N-methyl/N-ethyl adjacent to an activating group) is 1. The SMILES string of the molecule is CN(C)CCN(C(=O)c1ccc(F)cc1)c1nc2c(F)cc(F)cc2s1.Cl. The second kappa shape index (κ2) is 8.69. The molecular weight excluding hydrogens is 399 g/mol. The maximum Gasteiger partial charge on any atom is 0.260 e. The average molecular weight is 416 g/mol. The van der Waals surface area contributed by atoms with Crippen molar-refractivity contribution in [2.75, 3.05) is 32.1 Å². The van der Waals surface area contributed by atoms with Crippen LogP contribution in [0.25, 0.3) is 10.2 Å². The molecule has 0 radical (unpaired) electrons. The quantitative estimate of drug-likeness (QED) is 0.621. The van der Waals surface area contributed by atoms with Gasteiger partial charge in [0, 0.05) is 24.7 Å². The highest BCUT2D eigenvalue weighted by Crippen LogP contribution is 2.31. The van der Waals surface area contributed by atoms with Gasteiger partial charge in [-0.25, -0.2) is 18.2 Å². The zero-order valence-electron chi connectivity index (χ0n) is 14.6. The first-order valence-corrected chi connectivity index (χ1v) is 8.64. The molecule has 9 heteroatoms. The van der Waals surface area contributed by atoms with Crippen LogP contribution in [0.3, 0.4) is 0 Å². The van der Waals surface area contributed by atoms with Crippen LogP contribution >= 0.6 is 23.7 Å². The molecule has 0 unspecified atom stereocenters. The van der Waals surface area contributed by atoms with Gasteiger partial charge in [0.1, 0.15) is 17.2 Å². The number of carbonyl (C=O) groups excluding carboxylic acids is 1. The number of aromatic nitrogens is 1. The lowest BCUT2D eigenvalue weighted by Gasteiger charge is -2.22. The lowest BCUT2D eigenvalue weighted by Crippen LogP contribution is -2.36. The van der Waals surface area contributed by atoms with Crippen molar-refractivity contribution in [3.63, 3.8) is 0 Å². The molecule has 1 heterocycles. The Labute approximate surface area is 164 Å². The highest BCUT2D eigenvalue weighted by molar-refractivity contribution is 7.22. The van der Waals surface area contributed by atoms with Crippen LogP contribution in [-0.2, 0) is 0 Å². The standard InChI is InChI=1S/C18H16F3N3OS.ClH/c1-23(2)7-8-24(17(25)11-3-5-12(19)6-4-11)18-22-16-14(21)9-13(20)10-15(16)26-18;/h3-6,9-10H,7-8H2,1-2H3;1H. The molecule has 0 aliphatic heterocycles. The number of hydrogen-bond donors (Lipinski definition) is 0. The Morgan fingerprint density at radius 3 is 2.33 bits per heavy atom. The summed E-state index contributed by atoms with van der Waals surface area (Å²) in [5, 5.41) is 0.265. The molecule has 3 aromatic rings. The smallest absolute Gasteiger partial charge is 0.260 e. The van der Waals surface area contributed by atoms with Gasteiger partial charge in [-0.15, -0.1) is 12.4 Å². The van der Waals surface area contributed by atoms with Gasteiger partial charge in [0.05, 0.1) is 4.70 Å². The van der Waals surface area contributed by atoms with Gasteiger partial charge in [-0.3, -0.25) is 9.69 Å². The summed E-state index contributed by atoms with van der Waals surface area (Å²) in [7, 11) is 3.71. The Bertz CT molecular complexity index is 947. The number of amides is 1. The van der Waals surface area contributed by atoms with Crippen molar-refractivity contribution in [3.05, 3.63) is 59.4 Å². The van der Waals surface area contributed by atoms with E-state index >= 15 is 0 Å². The van der Waals surface area contributed by atoms with Gasteiger partial charge in [0.25, 0.3) is 5.91 Å². The first kappa shape index (κ1) is 21.1. The van der Waals surface area contributed by atoms with Crippen LogP contribution in [0.4, 0.5) is 18.3 Å². The Morgan fingerprint density at radius 1 is 1.04 bits per heavy atom. The van der Waals surface area contributed by atoms with E-state index in [-0.39, 0.29) is 34.5 Å². The molecule has 27 heavy (non-hydrogen) atoms. The highest BCUT2D eigenvalue weighted by Gasteiger charge is 2.22. The van der Waals surface area contributed by atoms with E-state index < -0.39 is 17.5 Å².